The molecule has 3 heterocycles. The lowest BCUT2D eigenvalue weighted by molar-refractivity contribution is -0.117. The summed E-state index contributed by atoms with van der Waals surface area (Å²) in [5, 5.41) is 6.04. The summed E-state index contributed by atoms with van der Waals surface area (Å²) in [5.74, 6) is 0.620. The van der Waals surface area contributed by atoms with Crippen molar-refractivity contribution in [3.05, 3.63) is 18.3 Å². The molecule has 0 aliphatic carbocycles. The Labute approximate surface area is 118 Å². The summed E-state index contributed by atoms with van der Waals surface area (Å²) in [6, 6.07) is 3.78. The molecule has 108 valence electrons. The maximum Gasteiger partial charge on any atom is 0.242 e. The van der Waals surface area contributed by atoms with Gasteiger partial charge >= 0.3 is 0 Å². The quantitative estimate of drug-likeness (QED) is 0.846. The molecule has 2 saturated heterocycles. The summed E-state index contributed by atoms with van der Waals surface area (Å²) in [7, 11) is 0. The van der Waals surface area contributed by atoms with Gasteiger partial charge in [-0.15, -0.1) is 0 Å². The van der Waals surface area contributed by atoms with E-state index in [0.717, 1.165) is 51.4 Å². The van der Waals surface area contributed by atoms with Gasteiger partial charge in [0.05, 0.1) is 31.1 Å². The summed E-state index contributed by atoms with van der Waals surface area (Å²) in [6.45, 7) is 4.21. The summed E-state index contributed by atoms with van der Waals surface area (Å²) in [5.41, 5.74) is 1.07. The number of amides is 1. The van der Waals surface area contributed by atoms with Crippen molar-refractivity contribution in [2.75, 3.05) is 43.1 Å². The maximum absolute atomic E-state index is 12.0. The molecule has 2 aliphatic heterocycles. The minimum atomic E-state index is -0.0734. The highest BCUT2D eigenvalue weighted by Crippen LogP contribution is 2.17. The first-order chi connectivity index (χ1) is 9.83. The van der Waals surface area contributed by atoms with Gasteiger partial charge in [-0.05, 0) is 31.5 Å². The molecule has 0 bridgehead atoms. The first-order valence-electron chi connectivity index (χ1n) is 7.16. The maximum atomic E-state index is 12.0. The molecule has 2 N–H and O–H groups in total. The Kier molecular flexibility index (Phi) is 4.13. The van der Waals surface area contributed by atoms with Gasteiger partial charge in [-0.25, -0.2) is 4.98 Å². The van der Waals surface area contributed by atoms with E-state index in [0.29, 0.717) is 5.82 Å². The van der Waals surface area contributed by atoms with Crippen LogP contribution >= 0.6 is 0 Å². The number of rotatable bonds is 3. The molecule has 6 nitrogen and oxygen atoms in total. The van der Waals surface area contributed by atoms with Gasteiger partial charge in [0.25, 0.3) is 0 Å². The number of nitrogens with zero attached hydrogens (tertiary/aromatic N) is 2. The minimum absolute atomic E-state index is 0.00845. The van der Waals surface area contributed by atoms with Crippen molar-refractivity contribution in [2.24, 2.45) is 0 Å². The van der Waals surface area contributed by atoms with E-state index in [4.69, 9.17) is 4.74 Å². The van der Waals surface area contributed by atoms with Crippen molar-refractivity contribution in [3.63, 3.8) is 0 Å². The molecule has 0 aromatic carbocycles. The zero-order valence-corrected chi connectivity index (χ0v) is 11.5. The topological polar surface area (TPSA) is 66.5 Å². The average Bonchev–Trinajstić information content (AvgIpc) is 3.03. The zero-order chi connectivity index (χ0) is 13.8. The smallest absolute Gasteiger partial charge is 0.242 e. The number of morpholine rings is 1. The van der Waals surface area contributed by atoms with E-state index in [2.05, 4.69) is 20.5 Å². The van der Waals surface area contributed by atoms with E-state index in [-0.39, 0.29) is 11.9 Å². The second-order valence-corrected chi connectivity index (χ2v) is 5.14. The highest BCUT2D eigenvalue weighted by molar-refractivity contribution is 5.94. The largest absolute Gasteiger partial charge is 0.378 e. The third-order valence-electron chi connectivity index (χ3n) is 3.75. The van der Waals surface area contributed by atoms with Crippen LogP contribution in [0.2, 0.25) is 0 Å². The third-order valence-corrected chi connectivity index (χ3v) is 3.75. The van der Waals surface area contributed by atoms with Gasteiger partial charge in [-0.2, -0.15) is 0 Å². The number of carbonyl (C=O) groups is 1. The van der Waals surface area contributed by atoms with Crippen molar-refractivity contribution < 1.29 is 9.53 Å². The first kappa shape index (κ1) is 13.3. The minimum Gasteiger partial charge on any atom is -0.378 e. The number of hydrogen-bond donors (Lipinski definition) is 2. The zero-order valence-electron chi connectivity index (χ0n) is 11.5. The normalized spacial score (nSPS) is 22.8. The van der Waals surface area contributed by atoms with E-state index in [1.54, 1.807) is 0 Å². The van der Waals surface area contributed by atoms with Crippen LogP contribution < -0.4 is 15.5 Å². The van der Waals surface area contributed by atoms with Gasteiger partial charge in [-0.3, -0.25) is 4.79 Å². The molecule has 3 rings (SSSR count). The van der Waals surface area contributed by atoms with E-state index in [1.807, 2.05) is 18.3 Å². The van der Waals surface area contributed by atoms with Gasteiger partial charge in [-0.1, -0.05) is 0 Å². The fraction of sp³-hybridized carbons (Fsp3) is 0.571. The molecule has 0 saturated carbocycles. The number of carbonyl (C=O) groups excluding carboxylic acids is 1. The first-order valence-corrected chi connectivity index (χ1v) is 7.16. The molecule has 2 aliphatic rings. The molecule has 1 amide bonds. The predicted molar refractivity (Wildman–Crippen MR) is 76.9 cm³/mol. The van der Waals surface area contributed by atoms with Crippen molar-refractivity contribution >= 4 is 17.4 Å². The molecule has 2 fully saturated rings. The standard InChI is InChI=1S/C14H20N4O2/c19-14(12-2-1-5-15-12)17-13-4-3-11(10-16-13)18-6-8-20-9-7-18/h3-4,10,12,15H,1-2,5-9H2,(H,16,17,19). The van der Waals surface area contributed by atoms with Gasteiger partial charge in [0.1, 0.15) is 5.82 Å². The van der Waals surface area contributed by atoms with Crippen LogP contribution in [-0.2, 0) is 9.53 Å². The summed E-state index contributed by atoms with van der Waals surface area (Å²) in [4.78, 5) is 18.5. The van der Waals surface area contributed by atoms with Crippen LogP contribution in [0.15, 0.2) is 18.3 Å². The Balaban J connectivity index is 1.59. The highest BCUT2D eigenvalue weighted by atomic mass is 16.5. The molecule has 1 aromatic heterocycles. The van der Waals surface area contributed by atoms with E-state index in [9.17, 15) is 4.79 Å². The molecule has 1 unspecified atom stereocenters. The second kappa shape index (κ2) is 6.19. The number of aromatic nitrogens is 1. The Morgan fingerprint density at radius 2 is 2.25 bits per heavy atom. The van der Waals surface area contributed by atoms with Gasteiger partial charge in [0.15, 0.2) is 0 Å². The van der Waals surface area contributed by atoms with Crippen LogP contribution in [0, 0.1) is 0 Å². The Bertz CT molecular complexity index is 451. The van der Waals surface area contributed by atoms with Gasteiger partial charge < -0.3 is 20.3 Å². The molecule has 6 heteroatoms. The van der Waals surface area contributed by atoms with E-state index in [1.165, 1.54) is 0 Å². The monoisotopic (exact) mass is 276 g/mol. The fourth-order valence-electron chi connectivity index (χ4n) is 2.59. The average molecular weight is 276 g/mol. The number of pyridine rings is 1. The van der Waals surface area contributed by atoms with Crippen molar-refractivity contribution in [1.82, 2.24) is 10.3 Å². The SMILES string of the molecule is O=C(Nc1ccc(N2CCOCC2)cn1)C1CCCN1. The summed E-state index contributed by atoms with van der Waals surface area (Å²) in [6.07, 6.45) is 3.77. The van der Waals surface area contributed by atoms with E-state index >= 15 is 0 Å². The summed E-state index contributed by atoms with van der Waals surface area (Å²) >= 11 is 0. The molecular weight excluding hydrogens is 256 g/mol. The molecule has 0 spiro atoms. The number of nitrogens with one attached hydrogen (secondary N) is 2. The molecular formula is C14H20N4O2. The van der Waals surface area contributed by atoms with Gasteiger partial charge in [0.2, 0.25) is 5.91 Å². The Hall–Kier alpha value is -1.66. The third kappa shape index (κ3) is 3.08. The molecule has 0 radical (unpaired) electrons. The van der Waals surface area contributed by atoms with Crippen LogP contribution in [0.1, 0.15) is 12.8 Å². The van der Waals surface area contributed by atoms with Crippen LogP contribution in [0.25, 0.3) is 0 Å². The van der Waals surface area contributed by atoms with Crippen LogP contribution in [0.4, 0.5) is 11.5 Å². The van der Waals surface area contributed by atoms with Crippen LogP contribution in [-0.4, -0.2) is 49.8 Å². The lowest BCUT2D eigenvalue weighted by Crippen LogP contribution is -2.36. The number of ether oxygens (including phenoxy) is 1. The second-order valence-electron chi connectivity index (χ2n) is 5.14. The number of hydrogen-bond acceptors (Lipinski definition) is 5. The number of anilines is 2. The van der Waals surface area contributed by atoms with Crippen LogP contribution in [0.5, 0.6) is 0 Å². The molecule has 1 aromatic rings. The lowest BCUT2D eigenvalue weighted by Gasteiger charge is -2.28. The fourth-order valence-corrected chi connectivity index (χ4v) is 2.59. The van der Waals surface area contributed by atoms with Crippen molar-refractivity contribution in [3.8, 4) is 0 Å². The van der Waals surface area contributed by atoms with Gasteiger partial charge in [0, 0.05) is 13.1 Å². The molecule has 20 heavy (non-hydrogen) atoms. The molecule has 1 atom stereocenters. The Morgan fingerprint density at radius 1 is 1.40 bits per heavy atom. The summed E-state index contributed by atoms with van der Waals surface area (Å²) < 4.78 is 5.33. The predicted octanol–water partition coefficient (Wildman–Crippen LogP) is 0.609. The Morgan fingerprint density at radius 3 is 2.90 bits per heavy atom. The van der Waals surface area contributed by atoms with Crippen molar-refractivity contribution in [1.29, 1.82) is 0 Å². The van der Waals surface area contributed by atoms with Crippen molar-refractivity contribution in [2.45, 2.75) is 18.9 Å². The lowest BCUT2D eigenvalue weighted by atomic mass is 10.2. The van der Waals surface area contributed by atoms with Crippen LogP contribution in [0.3, 0.4) is 0 Å². The highest BCUT2D eigenvalue weighted by Gasteiger charge is 2.22. The van der Waals surface area contributed by atoms with E-state index < -0.39 is 0 Å².